The van der Waals surface area contributed by atoms with Crippen LogP contribution in [0.25, 0.3) is 0 Å². The molecule has 0 spiro atoms. The molecule has 7 heteroatoms. The maximum absolute atomic E-state index is 13.1. The third kappa shape index (κ3) is 4.59. The second-order valence-electron chi connectivity index (χ2n) is 8.60. The number of carbonyl (C=O) groups is 3. The summed E-state index contributed by atoms with van der Waals surface area (Å²) in [6.07, 6.45) is 0.928. The largest absolute Gasteiger partial charge is 0.379 e. The minimum Gasteiger partial charge on any atom is -0.379 e. The molecule has 0 bridgehead atoms. The number of rotatable bonds is 7. The van der Waals surface area contributed by atoms with E-state index in [1.165, 1.54) is 5.56 Å². The molecule has 32 heavy (non-hydrogen) atoms. The van der Waals surface area contributed by atoms with Crippen molar-refractivity contribution in [2.45, 2.75) is 26.3 Å². The van der Waals surface area contributed by atoms with Crippen molar-refractivity contribution in [2.75, 3.05) is 38.2 Å². The van der Waals surface area contributed by atoms with Gasteiger partial charge in [0, 0.05) is 25.3 Å². The molecule has 1 N–H and O–H groups in total. The molecule has 1 saturated heterocycles. The van der Waals surface area contributed by atoms with Gasteiger partial charge in [-0.05, 0) is 42.2 Å². The molecule has 2 aliphatic rings. The van der Waals surface area contributed by atoms with Gasteiger partial charge in [-0.3, -0.25) is 24.2 Å². The normalized spacial score (nSPS) is 17.5. The average molecular weight is 436 g/mol. The number of imide groups is 1. The van der Waals surface area contributed by atoms with Crippen LogP contribution in [-0.2, 0) is 16.0 Å². The first-order valence-electron chi connectivity index (χ1n) is 11.1. The Kier molecular flexibility index (Phi) is 6.67. The van der Waals surface area contributed by atoms with Crippen LogP contribution in [0.15, 0.2) is 48.5 Å². The fraction of sp³-hybridized carbons (Fsp3) is 0.400. The molecule has 7 nitrogen and oxygen atoms in total. The number of amides is 3. The summed E-state index contributed by atoms with van der Waals surface area (Å²) in [5, 5.41) is 2.89. The van der Waals surface area contributed by atoms with E-state index in [0.717, 1.165) is 44.2 Å². The van der Waals surface area contributed by atoms with Crippen LogP contribution in [0.3, 0.4) is 0 Å². The second-order valence-corrected chi connectivity index (χ2v) is 8.60. The molecule has 3 amide bonds. The molecule has 1 fully saturated rings. The number of nitrogens with zero attached hydrogens (tertiary/aromatic N) is 2. The van der Waals surface area contributed by atoms with E-state index in [1.807, 2.05) is 38.1 Å². The summed E-state index contributed by atoms with van der Waals surface area (Å²) in [5.74, 6) is -1.43. The monoisotopic (exact) mass is 435 g/mol. The summed E-state index contributed by atoms with van der Waals surface area (Å²) >= 11 is 0. The highest BCUT2D eigenvalue weighted by molar-refractivity contribution is 6.23. The van der Waals surface area contributed by atoms with E-state index in [1.54, 1.807) is 24.3 Å². The number of carbonyl (C=O) groups excluding carboxylic acids is 3. The summed E-state index contributed by atoms with van der Waals surface area (Å²) in [5.41, 5.74) is 2.53. The van der Waals surface area contributed by atoms with E-state index in [-0.39, 0.29) is 11.8 Å². The molecule has 4 rings (SSSR count). The van der Waals surface area contributed by atoms with Gasteiger partial charge in [0.25, 0.3) is 11.8 Å². The van der Waals surface area contributed by atoms with Crippen molar-refractivity contribution in [3.63, 3.8) is 0 Å². The van der Waals surface area contributed by atoms with Crippen LogP contribution in [0.2, 0.25) is 0 Å². The number of hydrogen-bond donors (Lipinski definition) is 1. The van der Waals surface area contributed by atoms with Crippen LogP contribution >= 0.6 is 0 Å². The van der Waals surface area contributed by atoms with Gasteiger partial charge in [-0.15, -0.1) is 0 Å². The summed E-state index contributed by atoms with van der Waals surface area (Å²) in [6.45, 7) is 8.14. The van der Waals surface area contributed by atoms with Crippen LogP contribution in [0.4, 0.5) is 5.69 Å². The minimum atomic E-state index is -0.886. The van der Waals surface area contributed by atoms with Crippen LogP contribution in [0.1, 0.15) is 40.1 Å². The average Bonchev–Trinajstić information content (AvgIpc) is 3.05. The van der Waals surface area contributed by atoms with Crippen molar-refractivity contribution >= 4 is 23.4 Å². The number of anilines is 1. The SMILES string of the molecule is CC(C)C(C(=O)Nc1ccc(CCN2CCOCC2)cc1)N1C(=O)c2ccccc2C1=O. The number of fused-ring (bicyclic) bond motifs is 1. The smallest absolute Gasteiger partial charge is 0.262 e. The third-order valence-corrected chi connectivity index (χ3v) is 6.05. The fourth-order valence-corrected chi connectivity index (χ4v) is 4.26. The Hall–Kier alpha value is -3.03. The Balaban J connectivity index is 1.41. The lowest BCUT2D eigenvalue weighted by molar-refractivity contribution is -0.121. The van der Waals surface area contributed by atoms with Crippen molar-refractivity contribution in [2.24, 2.45) is 5.92 Å². The van der Waals surface area contributed by atoms with Crippen molar-refractivity contribution in [1.82, 2.24) is 9.80 Å². The zero-order chi connectivity index (χ0) is 22.7. The van der Waals surface area contributed by atoms with Gasteiger partial charge in [-0.2, -0.15) is 0 Å². The predicted molar refractivity (Wildman–Crippen MR) is 122 cm³/mol. The maximum Gasteiger partial charge on any atom is 0.262 e. The van der Waals surface area contributed by atoms with Gasteiger partial charge in [-0.1, -0.05) is 38.1 Å². The zero-order valence-corrected chi connectivity index (χ0v) is 18.5. The van der Waals surface area contributed by atoms with Crippen molar-refractivity contribution in [1.29, 1.82) is 0 Å². The zero-order valence-electron chi connectivity index (χ0n) is 18.5. The molecule has 2 aliphatic heterocycles. The molecule has 0 saturated carbocycles. The van der Waals surface area contributed by atoms with E-state index < -0.39 is 17.9 Å². The summed E-state index contributed by atoms with van der Waals surface area (Å²) < 4.78 is 5.38. The van der Waals surface area contributed by atoms with E-state index >= 15 is 0 Å². The molecule has 2 heterocycles. The van der Waals surface area contributed by atoms with Gasteiger partial charge in [0.1, 0.15) is 6.04 Å². The Labute approximate surface area is 188 Å². The first-order chi connectivity index (χ1) is 15.5. The van der Waals surface area contributed by atoms with Gasteiger partial charge in [0.15, 0.2) is 0 Å². The standard InChI is InChI=1S/C25H29N3O4/c1-17(2)22(28-24(30)20-5-3-4-6-21(20)25(28)31)23(29)26-19-9-7-18(8-10-19)11-12-27-13-15-32-16-14-27/h3-10,17,22H,11-16H2,1-2H3,(H,26,29). The first kappa shape index (κ1) is 22.2. The topological polar surface area (TPSA) is 79.0 Å². The Morgan fingerprint density at radius 1 is 0.969 bits per heavy atom. The molecule has 0 aliphatic carbocycles. The summed E-state index contributed by atoms with van der Waals surface area (Å²) in [7, 11) is 0. The Morgan fingerprint density at radius 3 is 2.12 bits per heavy atom. The summed E-state index contributed by atoms with van der Waals surface area (Å²) in [6, 6.07) is 13.5. The number of benzene rings is 2. The molecule has 2 aromatic rings. The lowest BCUT2D eigenvalue weighted by Crippen LogP contribution is -2.50. The number of ether oxygens (including phenoxy) is 1. The Morgan fingerprint density at radius 2 is 1.56 bits per heavy atom. The van der Waals surface area contributed by atoms with Gasteiger partial charge < -0.3 is 10.1 Å². The second kappa shape index (κ2) is 9.63. The highest BCUT2D eigenvalue weighted by atomic mass is 16.5. The molecular formula is C25H29N3O4. The quantitative estimate of drug-likeness (QED) is 0.677. The van der Waals surface area contributed by atoms with Crippen molar-refractivity contribution in [3.8, 4) is 0 Å². The van der Waals surface area contributed by atoms with E-state index in [4.69, 9.17) is 4.74 Å². The minimum absolute atomic E-state index is 0.231. The van der Waals surface area contributed by atoms with Gasteiger partial charge in [0.05, 0.1) is 24.3 Å². The van der Waals surface area contributed by atoms with Crippen molar-refractivity contribution in [3.05, 3.63) is 65.2 Å². The van der Waals surface area contributed by atoms with Crippen LogP contribution < -0.4 is 5.32 Å². The van der Waals surface area contributed by atoms with Crippen molar-refractivity contribution < 1.29 is 19.1 Å². The number of morpholine rings is 1. The van der Waals surface area contributed by atoms with Crippen LogP contribution in [0, 0.1) is 5.92 Å². The summed E-state index contributed by atoms with van der Waals surface area (Å²) in [4.78, 5) is 42.3. The molecule has 1 unspecified atom stereocenters. The highest BCUT2D eigenvalue weighted by Gasteiger charge is 2.43. The third-order valence-electron chi connectivity index (χ3n) is 6.05. The molecule has 1 atom stereocenters. The van der Waals surface area contributed by atoms with E-state index in [9.17, 15) is 14.4 Å². The number of nitrogens with one attached hydrogen (secondary N) is 1. The lowest BCUT2D eigenvalue weighted by atomic mass is 10.0. The van der Waals surface area contributed by atoms with Gasteiger partial charge >= 0.3 is 0 Å². The number of hydrogen-bond acceptors (Lipinski definition) is 5. The predicted octanol–water partition coefficient (Wildman–Crippen LogP) is 2.82. The maximum atomic E-state index is 13.1. The molecule has 168 valence electrons. The molecular weight excluding hydrogens is 406 g/mol. The first-order valence-corrected chi connectivity index (χ1v) is 11.1. The van der Waals surface area contributed by atoms with E-state index in [2.05, 4.69) is 10.2 Å². The fourth-order valence-electron chi connectivity index (χ4n) is 4.26. The van der Waals surface area contributed by atoms with Gasteiger partial charge in [-0.25, -0.2) is 0 Å². The van der Waals surface area contributed by atoms with Crippen LogP contribution in [0.5, 0.6) is 0 Å². The lowest BCUT2D eigenvalue weighted by Gasteiger charge is -2.28. The highest BCUT2D eigenvalue weighted by Crippen LogP contribution is 2.27. The van der Waals surface area contributed by atoms with Gasteiger partial charge in [0.2, 0.25) is 5.91 Å². The molecule has 0 aromatic heterocycles. The molecule has 0 radical (unpaired) electrons. The Bertz CT molecular complexity index is 962. The molecule has 2 aromatic carbocycles. The van der Waals surface area contributed by atoms with Crippen LogP contribution in [-0.4, -0.2) is 66.4 Å². The van der Waals surface area contributed by atoms with E-state index in [0.29, 0.717) is 16.8 Å².